The average molecular weight is 326 g/mol. The van der Waals surface area contributed by atoms with Crippen LogP contribution in [0.15, 0.2) is 18.2 Å². The van der Waals surface area contributed by atoms with Crippen LogP contribution in [0.3, 0.4) is 0 Å². The molecule has 0 fully saturated rings. The van der Waals surface area contributed by atoms with Crippen molar-refractivity contribution >= 4 is 0 Å². The summed E-state index contributed by atoms with van der Waals surface area (Å²) in [5, 5.41) is 41.6. The number of nitriles is 2. The summed E-state index contributed by atoms with van der Waals surface area (Å²) in [6.45, 7) is 3.68. The van der Waals surface area contributed by atoms with Crippen molar-refractivity contribution in [1.29, 1.82) is 10.5 Å². The van der Waals surface area contributed by atoms with Gasteiger partial charge in [-0.15, -0.1) is 0 Å². The molecule has 1 atom stereocenters. The minimum absolute atomic E-state index is 0.0874. The van der Waals surface area contributed by atoms with Gasteiger partial charge in [0, 0.05) is 0 Å². The summed E-state index contributed by atoms with van der Waals surface area (Å²) in [5.74, 6) is 0.714. The molecule has 1 heterocycles. The van der Waals surface area contributed by atoms with Crippen LogP contribution in [0.25, 0.3) is 0 Å². The lowest BCUT2D eigenvalue weighted by Gasteiger charge is -2.10. The fourth-order valence-corrected chi connectivity index (χ4v) is 2.41. The second kappa shape index (κ2) is 7.60. The van der Waals surface area contributed by atoms with Crippen LogP contribution in [0.2, 0.25) is 0 Å². The van der Waals surface area contributed by atoms with Crippen molar-refractivity contribution in [3.05, 3.63) is 40.7 Å². The fourth-order valence-electron chi connectivity index (χ4n) is 2.41. The van der Waals surface area contributed by atoms with E-state index in [1.54, 1.807) is 11.6 Å². The molecule has 0 aliphatic heterocycles. The molecule has 1 unspecified atom stereocenters. The summed E-state index contributed by atoms with van der Waals surface area (Å²) in [7, 11) is 0. The maximum Gasteiger partial charge on any atom is 0.174 e. The van der Waals surface area contributed by atoms with E-state index >= 15 is 0 Å². The molecule has 7 nitrogen and oxygen atoms in total. The van der Waals surface area contributed by atoms with Crippen LogP contribution in [0.1, 0.15) is 42.5 Å². The summed E-state index contributed by atoms with van der Waals surface area (Å²) in [5.41, 5.74) is 1.69. The quantitative estimate of drug-likeness (QED) is 0.839. The molecule has 2 aromatic rings. The van der Waals surface area contributed by atoms with Crippen LogP contribution >= 0.6 is 0 Å². The summed E-state index contributed by atoms with van der Waals surface area (Å²) in [4.78, 5) is 0. The molecule has 7 heteroatoms. The van der Waals surface area contributed by atoms with Crippen LogP contribution in [-0.4, -0.2) is 26.6 Å². The highest BCUT2D eigenvalue weighted by Gasteiger charge is 2.22. The summed E-state index contributed by atoms with van der Waals surface area (Å²) >= 11 is 0. The fraction of sp³-hybridized carbons (Fsp3) is 0.353. The zero-order valence-corrected chi connectivity index (χ0v) is 13.5. The van der Waals surface area contributed by atoms with E-state index in [4.69, 9.17) is 20.4 Å². The highest BCUT2D eigenvalue weighted by molar-refractivity contribution is 5.48. The van der Waals surface area contributed by atoms with Crippen LogP contribution in [-0.2, 0) is 13.0 Å². The molecule has 0 amide bonds. The molecule has 0 aliphatic rings. The van der Waals surface area contributed by atoms with Gasteiger partial charge in [-0.2, -0.15) is 15.6 Å². The number of aliphatic hydroxyl groups excluding tert-OH is 2. The number of nitrogens with zero attached hydrogens (tertiary/aromatic N) is 4. The molecular weight excluding hydrogens is 308 g/mol. The van der Waals surface area contributed by atoms with Gasteiger partial charge in [0.25, 0.3) is 0 Å². The van der Waals surface area contributed by atoms with Crippen LogP contribution in [0.5, 0.6) is 11.5 Å². The van der Waals surface area contributed by atoms with Crippen molar-refractivity contribution in [2.75, 3.05) is 6.61 Å². The highest BCUT2D eigenvalue weighted by Crippen LogP contribution is 2.34. The number of benzene rings is 1. The number of aliphatic hydroxyl groups is 2. The number of aromatic nitrogens is 2. The first-order valence-electron chi connectivity index (χ1n) is 7.55. The van der Waals surface area contributed by atoms with E-state index < -0.39 is 6.10 Å². The van der Waals surface area contributed by atoms with E-state index in [2.05, 4.69) is 5.10 Å². The maximum absolute atomic E-state index is 9.96. The third-order valence-corrected chi connectivity index (χ3v) is 3.46. The Morgan fingerprint density at radius 3 is 2.33 bits per heavy atom. The molecule has 1 aromatic heterocycles. The highest BCUT2D eigenvalue weighted by atomic mass is 16.5. The van der Waals surface area contributed by atoms with Gasteiger partial charge in [-0.05, 0) is 31.5 Å². The number of rotatable bonds is 6. The van der Waals surface area contributed by atoms with E-state index in [0.29, 0.717) is 34.7 Å². The van der Waals surface area contributed by atoms with E-state index in [1.807, 2.05) is 19.1 Å². The molecule has 0 saturated heterocycles. The summed E-state index contributed by atoms with van der Waals surface area (Å²) in [6, 6.07) is 8.49. The second-order valence-corrected chi connectivity index (χ2v) is 5.21. The summed E-state index contributed by atoms with van der Waals surface area (Å²) < 4.78 is 7.47. The van der Waals surface area contributed by atoms with E-state index in [1.165, 1.54) is 18.2 Å². The molecular formula is C17H18N4O3. The van der Waals surface area contributed by atoms with Gasteiger partial charge in [-0.3, -0.25) is 4.68 Å². The Hall–Kier alpha value is -2.87. The first-order chi connectivity index (χ1) is 11.5. The van der Waals surface area contributed by atoms with Gasteiger partial charge in [0.05, 0.1) is 48.2 Å². The lowest BCUT2D eigenvalue weighted by atomic mass is 10.1. The maximum atomic E-state index is 9.96. The second-order valence-electron chi connectivity index (χ2n) is 5.21. The Labute approximate surface area is 140 Å². The Morgan fingerprint density at radius 2 is 1.88 bits per heavy atom. The molecule has 24 heavy (non-hydrogen) atoms. The van der Waals surface area contributed by atoms with E-state index in [-0.39, 0.29) is 13.2 Å². The van der Waals surface area contributed by atoms with Crippen molar-refractivity contribution < 1.29 is 14.9 Å². The minimum atomic E-state index is -0.861. The summed E-state index contributed by atoms with van der Waals surface area (Å²) in [6.07, 6.45) is -0.280. The number of hydrogen-bond acceptors (Lipinski definition) is 6. The van der Waals surface area contributed by atoms with Crippen molar-refractivity contribution in [2.24, 2.45) is 0 Å². The minimum Gasteiger partial charge on any atom is -0.453 e. The number of hydrogen-bond donors (Lipinski definition) is 2. The van der Waals surface area contributed by atoms with Gasteiger partial charge >= 0.3 is 0 Å². The van der Waals surface area contributed by atoms with Crippen molar-refractivity contribution in [3.8, 4) is 23.6 Å². The Morgan fingerprint density at radius 1 is 1.25 bits per heavy atom. The monoisotopic (exact) mass is 326 g/mol. The lowest BCUT2D eigenvalue weighted by Crippen LogP contribution is -2.08. The zero-order valence-electron chi connectivity index (χ0n) is 13.5. The third-order valence-electron chi connectivity index (χ3n) is 3.46. The van der Waals surface area contributed by atoms with Crippen LogP contribution in [0.4, 0.5) is 0 Å². The predicted octanol–water partition coefficient (Wildman–Crippen LogP) is 2.03. The predicted molar refractivity (Wildman–Crippen MR) is 85.3 cm³/mol. The Kier molecular flexibility index (Phi) is 5.54. The molecule has 124 valence electrons. The van der Waals surface area contributed by atoms with Crippen LogP contribution < -0.4 is 4.74 Å². The van der Waals surface area contributed by atoms with Gasteiger partial charge in [0.15, 0.2) is 5.75 Å². The van der Waals surface area contributed by atoms with Gasteiger partial charge in [-0.25, -0.2) is 0 Å². The number of ether oxygens (including phenoxy) is 1. The third kappa shape index (κ3) is 3.54. The molecule has 2 rings (SSSR count). The first-order valence-corrected chi connectivity index (χ1v) is 7.55. The largest absolute Gasteiger partial charge is 0.453 e. The van der Waals surface area contributed by atoms with Crippen molar-refractivity contribution in [2.45, 2.75) is 32.9 Å². The Balaban J connectivity index is 2.53. The standard InChI is InChI=1S/C17H18N4O3/c1-3-15-17(16(11(2)23)20-21(15)4-5-22)24-14-7-12(9-18)6-13(8-14)10-19/h6-8,11,22-23H,3-5H2,1-2H3. The molecule has 1 aromatic carbocycles. The SMILES string of the molecule is CCc1c(Oc2cc(C#N)cc(C#N)c2)c(C(C)O)nn1CCO. The van der Waals surface area contributed by atoms with Gasteiger partial charge in [0.2, 0.25) is 0 Å². The van der Waals surface area contributed by atoms with Gasteiger partial charge < -0.3 is 14.9 Å². The van der Waals surface area contributed by atoms with Crippen molar-refractivity contribution in [3.63, 3.8) is 0 Å². The molecule has 2 N–H and O–H groups in total. The van der Waals surface area contributed by atoms with E-state index in [0.717, 1.165) is 5.69 Å². The molecule has 0 radical (unpaired) electrons. The van der Waals surface area contributed by atoms with Gasteiger partial charge in [-0.1, -0.05) is 6.92 Å². The first kappa shape index (κ1) is 17.5. The average Bonchev–Trinajstić information content (AvgIpc) is 2.92. The van der Waals surface area contributed by atoms with E-state index in [9.17, 15) is 5.11 Å². The molecule has 0 spiro atoms. The lowest BCUT2D eigenvalue weighted by molar-refractivity contribution is 0.189. The smallest absolute Gasteiger partial charge is 0.174 e. The van der Waals surface area contributed by atoms with Gasteiger partial charge in [0.1, 0.15) is 11.4 Å². The van der Waals surface area contributed by atoms with Crippen molar-refractivity contribution in [1.82, 2.24) is 9.78 Å². The van der Waals surface area contributed by atoms with Crippen LogP contribution in [0, 0.1) is 22.7 Å². The molecule has 0 aliphatic carbocycles. The topological polar surface area (TPSA) is 115 Å². The Bertz CT molecular complexity index is 780. The molecule has 0 saturated carbocycles. The normalized spacial score (nSPS) is 11.6. The zero-order chi connectivity index (χ0) is 17.7. The molecule has 0 bridgehead atoms.